The maximum Gasteiger partial charge on any atom is 0.164 e. The molecule has 0 amide bonds. The molecule has 0 N–H and O–H groups in total. The Morgan fingerprint density at radius 1 is 0.800 bits per heavy atom. The molecule has 25 heavy (non-hydrogen) atoms. The first kappa shape index (κ1) is 15.3. The van der Waals surface area contributed by atoms with E-state index in [1.54, 1.807) is 6.33 Å². The van der Waals surface area contributed by atoms with Crippen molar-refractivity contribution in [1.29, 1.82) is 0 Å². The smallest absolute Gasteiger partial charge is 0.164 e. The molecule has 0 aliphatic carbocycles. The molecule has 0 unspecified atom stereocenters. The number of fused-ring (bicyclic) bond motifs is 1. The quantitative estimate of drug-likeness (QED) is 0.485. The van der Waals surface area contributed by atoms with Gasteiger partial charge < -0.3 is 4.57 Å². The molecule has 0 spiro atoms. The van der Waals surface area contributed by atoms with Gasteiger partial charge in [0.1, 0.15) is 0 Å². The molecule has 0 fully saturated rings. The zero-order chi connectivity index (χ0) is 17.1. The molecular formula is C22H18N2O. The van der Waals surface area contributed by atoms with Crippen LogP contribution in [0.5, 0.6) is 0 Å². The number of Topliss-reactive ketones (excluding diaryl/α,β-unsaturated/α-hetero) is 1. The largest absolute Gasteiger partial charge is 0.330 e. The number of aryl methyl sites for hydroxylation is 1. The number of benzene rings is 3. The number of ketones is 1. The molecule has 1 heterocycles. The van der Waals surface area contributed by atoms with Crippen LogP contribution in [0, 0.1) is 0 Å². The van der Waals surface area contributed by atoms with Crippen LogP contribution in [0.4, 0.5) is 0 Å². The molecular weight excluding hydrogens is 308 g/mol. The fourth-order valence-corrected chi connectivity index (χ4v) is 3.03. The molecule has 3 nitrogen and oxygen atoms in total. The van der Waals surface area contributed by atoms with Crippen molar-refractivity contribution < 1.29 is 4.79 Å². The third kappa shape index (κ3) is 3.22. The Labute approximate surface area is 146 Å². The van der Waals surface area contributed by atoms with E-state index in [1.807, 2.05) is 71.3 Å². The van der Waals surface area contributed by atoms with E-state index in [-0.39, 0.29) is 5.78 Å². The molecule has 0 saturated heterocycles. The normalized spacial score (nSPS) is 10.9. The van der Waals surface area contributed by atoms with Crippen LogP contribution in [0.15, 0.2) is 85.2 Å². The summed E-state index contributed by atoms with van der Waals surface area (Å²) in [5.74, 6) is 0.150. The second-order valence-electron chi connectivity index (χ2n) is 6.04. The van der Waals surface area contributed by atoms with Crippen LogP contribution in [-0.4, -0.2) is 15.3 Å². The van der Waals surface area contributed by atoms with Gasteiger partial charge in [0, 0.05) is 18.5 Å². The van der Waals surface area contributed by atoms with Crippen LogP contribution in [0.2, 0.25) is 0 Å². The Kier molecular flexibility index (Phi) is 4.13. The highest BCUT2D eigenvalue weighted by Gasteiger charge is 2.08. The summed E-state index contributed by atoms with van der Waals surface area (Å²) in [5, 5.41) is 0. The first-order valence-electron chi connectivity index (χ1n) is 8.40. The van der Waals surface area contributed by atoms with Crippen molar-refractivity contribution in [2.45, 2.75) is 13.0 Å². The van der Waals surface area contributed by atoms with Crippen molar-refractivity contribution >= 4 is 16.8 Å². The molecule has 0 radical (unpaired) electrons. The van der Waals surface area contributed by atoms with Crippen LogP contribution >= 0.6 is 0 Å². The molecule has 0 aliphatic heterocycles. The Balaban J connectivity index is 1.46. The van der Waals surface area contributed by atoms with E-state index in [2.05, 4.69) is 17.1 Å². The topological polar surface area (TPSA) is 34.9 Å². The van der Waals surface area contributed by atoms with Gasteiger partial charge in [-0.05, 0) is 23.3 Å². The second-order valence-corrected chi connectivity index (χ2v) is 6.04. The zero-order valence-corrected chi connectivity index (χ0v) is 13.8. The summed E-state index contributed by atoms with van der Waals surface area (Å²) in [6.07, 6.45) is 2.27. The zero-order valence-electron chi connectivity index (χ0n) is 13.8. The lowest BCUT2D eigenvalue weighted by Gasteiger charge is -2.06. The Morgan fingerprint density at radius 2 is 1.48 bits per heavy atom. The maximum absolute atomic E-state index is 12.5. The summed E-state index contributed by atoms with van der Waals surface area (Å²) in [5.41, 5.74) is 5.06. The summed E-state index contributed by atoms with van der Waals surface area (Å²) < 4.78 is 2.03. The van der Waals surface area contributed by atoms with Crippen LogP contribution in [-0.2, 0) is 6.54 Å². The van der Waals surface area contributed by atoms with Crippen molar-refractivity contribution in [3.63, 3.8) is 0 Å². The average Bonchev–Trinajstić information content (AvgIpc) is 3.10. The molecule has 4 rings (SSSR count). The average molecular weight is 326 g/mol. The van der Waals surface area contributed by atoms with E-state index >= 15 is 0 Å². The van der Waals surface area contributed by atoms with Gasteiger partial charge in [-0.1, -0.05) is 66.7 Å². The number of para-hydroxylation sites is 2. The molecule has 0 atom stereocenters. The van der Waals surface area contributed by atoms with E-state index in [0.29, 0.717) is 13.0 Å². The SMILES string of the molecule is O=C(CCn1cnc2ccccc21)c1ccc(-c2ccccc2)cc1. The van der Waals surface area contributed by atoms with E-state index in [1.165, 1.54) is 0 Å². The monoisotopic (exact) mass is 326 g/mol. The van der Waals surface area contributed by atoms with Crippen LogP contribution in [0.3, 0.4) is 0 Å². The van der Waals surface area contributed by atoms with Crippen molar-refractivity contribution in [2.24, 2.45) is 0 Å². The van der Waals surface area contributed by atoms with Gasteiger partial charge in [-0.15, -0.1) is 0 Å². The number of hydrogen-bond donors (Lipinski definition) is 0. The van der Waals surface area contributed by atoms with E-state index in [4.69, 9.17) is 0 Å². The molecule has 1 aromatic heterocycles. The Hall–Kier alpha value is -3.20. The predicted octanol–water partition coefficient (Wildman–Crippen LogP) is 4.98. The fourth-order valence-electron chi connectivity index (χ4n) is 3.03. The lowest BCUT2D eigenvalue weighted by Crippen LogP contribution is -2.05. The van der Waals surface area contributed by atoms with Gasteiger partial charge in [0.25, 0.3) is 0 Å². The minimum atomic E-state index is 0.150. The molecule has 122 valence electrons. The standard InChI is InChI=1S/C22H18N2O/c25-22(14-15-24-16-23-20-8-4-5-9-21(20)24)19-12-10-18(11-13-19)17-6-2-1-3-7-17/h1-13,16H,14-15H2. The van der Waals surface area contributed by atoms with Crippen molar-refractivity contribution in [3.05, 3.63) is 90.8 Å². The van der Waals surface area contributed by atoms with Crippen molar-refractivity contribution in [3.8, 4) is 11.1 Å². The summed E-state index contributed by atoms with van der Waals surface area (Å²) >= 11 is 0. The number of aromatic nitrogens is 2. The molecule has 3 aromatic carbocycles. The van der Waals surface area contributed by atoms with Crippen molar-refractivity contribution in [1.82, 2.24) is 9.55 Å². The van der Waals surface area contributed by atoms with Gasteiger partial charge in [-0.2, -0.15) is 0 Å². The number of hydrogen-bond acceptors (Lipinski definition) is 2. The van der Waals surface area contributed by atoms with Gasteiger partial charge in [0.2, 0.25) is 0 Å². The summed E-state index contributed by atoms with van der Waals surface area (Å²) in [4.78, 5) is 16.9. The first-order chi connectivity index (χ1) is 12.3. The van der Waals surface area contributed by atoms with Crippen LogP contribution < -0.4 is 0 Å². The molecule has 4 aromatic rings. The first-order valence-corrected chi connectivity index (χ1v) is 8.40. The molecule has 3 heteroatoms. The van der Waals surface area contributed by atoms with Gasteiger partial charge in [0.15, 0.2) is 5.78 Å². The highest BCUT2D eigenvalue weighted by atomic mass is 16.1. The lowest BCUT2D eigenvalue weighted by atomic mass is 10.0. The van der Waals surface area contributed by atoms with Gasteiger partial charge in [0.05, 0.1) is 17.4 Å². The molecule has 0 saturated carbocycles. The fraction of sp³-hybridized carbons (Fsp3) is 0.0909. The van der Waals surface area contributed by atoms with Crippen LogP contribution in [0.25, 0.3) is 22.2 Å². The summed E-state index contributed by atoms with van der Waals surface area (Å²) in [7, 11) is 0. The van der Waals surface area contributed by atoms with E-state index in [9.17, 15) is 4.79 Å². The number of rotatable bonds is 5. The summed E-state index contributed by atoms with van der Waals surface area (Å²) in [6, 6.07) is 26.0. The lowest BCUT2D eigenvalue weighted by molar-refractivity contribution is 0.0977. The second kappa shape index (κ2) is 6.73. The van der Waals surface area contributed by atoms with E-state index in [0.717, 1.165) is 27.7 Å². The molecule has 0 bridgehead atoms. The minimum Gasteiger partial charge on any atom is -0.330 e. The van der Waals surface area contributed by atoms with Gasteiger partial charge in [-0.25, -0.2) is 4.98 Å². The minimum absolute atomic E-state index is 0.150. The molecule has 0 aliphatic rings. The Bertz CT molecular complexity index is 1000. The third-order valence-corrected chi connectivity index (χ3v) is 4.42. The predicted molar refractivity (Wildman–Crippen MR) is 101 cm³/mol. The van der Waals surface area contributed by atoms with E-state index < -0.39 is 0 Å². The number of carbonyl (C=O) groups excluding carboxylic acids is 1. The highest BCUT2D eigenvalue weighted by molar-refractivity contribution is 5.96. The third-order valence-electron chi connectivity index (χ3n) is 4.42. The van der Waals surface area contributed by atoms with Crippen molar-refractivity contribution in [2.75, 3.05) is 0 Å². The van der Waals surface area contributed by atoms with Gasteiger partial charge in [-0.3, -0.25) is 4.79 Å². The highest BCUT2D eigenvalue weighted by Crippen LogP contribution is 2.20. The van der Waals surface area contributed by atoms with Crippen LogP contribution in [0.1, 0.15) is 16.8 Å². The Morgan fingerprint density at radius 3 is 2.28 bits per heavy atom. The summed E-state index contributed by atoms with van der Waals surface area (Å²) in [6.45, 7) is 0.639. The van der Waals surface area contributed by atoms with Gasteiger partial charge >= 0.3 is 0 Å². The number of nitrogens with zero attached hydrogens (tertiary/aromatic N) is 2. The number of carbonyl (C=O) groups is 1. The maximum atomic E-state index is 12.5. The number of imidazole rings is 1.